The maximum atomic E-state index is 11.8. The van der Waals surface area contributed by atoms with Crippen LogP contribution < -0.4 is 0 Å². The van der Waals surface area contributed by atoms with Crippen molar-refractivity contribution in [2.75, 3.05) is 6.61 Å². The fraction of sp³-hybridized carbons (Fsp3) is 0.640. The second-order valence-corrected chi connectivity index (χ2v) is 9.02. The molecule has 3 nitrogen and oxygen atoms in total. The Morgan fingerprint density at radius 2 is 1.43 bits per heavy atom. The summed E-state index contributed by atoms with van der Waals surface area (Å²) in [5, 5.41) is 11.2. The van der Waals surface area contributed by atoms with E-state index in [1.807, 2.05) is 12.1 Å². The molecule has 0 heterocycles. The number of carbonyl (C=O) groups is 1. The molecule has 0 aliphatic carbocycles. The van der Waals surface area contributed by atoms with Crippen molar-refractivity contribution in [1.29, 1.82) is 0 Å². The minimum atomic E-state index is -0.339. The minimum Gasteiger partial charge on any atom is -0.507 e. The van der Waals surface area contributed by atoms with Gasteiger partial charge in [0.05, 0.1) is 6.61 Å². The zero-order valence-electron chi connectivity index (χ0n) is 19.0. The standard InChI is InChI=1S/C25H40O3/c1-8-11-15-24(4,5)20-17-19(13-14-22(26)28-10-3)18-21(23(20)27)25(6,7)16-12-9-2/h13-14,17-18,27H,8-12,15-16H2,1-7H3/b14-13+. The summed E-state index contributed by atoms with van der Waals surface area (Å²) in [5.41, 5.74) is 2.59. The zero-order valence-corrected chi connectivity index (χ0v) is 19.0. The third-order valence-electron chi connectivity index (χ3n) is 5.60. The molecule has 158 valence electrons. The molecular formula is C25H40O3. The fourth-order valence-electron chi connectivity index (χ4n) is 3.65. The van der Waals surface area contributed by atoms with Gasteiger partial charge in [0.2, 0.25) is 0 Å². The first-order chi connectivity index (χ1) is 13.1. The van der Waals surface area contributed by atoms with Crippen LogP contribution in [0.25, 0.3) is 6.08 Å². The summed E-state index contributed by atoms with van der Waals surface area (Å²) in [6.07, 6.45) is 9.78. The first-order valence-electron chi connectivity index (χ1n) is 10.8. The molecule has 0 bridgehead atoms. The van der Waals surface area contributed by atoms with Crippen LogP contribution in [-0.2, 0) is 20.4 Å². The van der Waals surface area contributed by atoms with Gasteiger partial charge in [-0.3, -0.25) is 0 Å². The Kier molecular flexibility index (Phi) is 9.26. The van der Waals surface area contributed by atoms with Crippen LogP contribution in [0.15, 0.2) is 18.2 Å². The molecule has 28 heavy (non-hydrogen) atoms. The highest BCUT2D eigenvalue weighted by Gasteiger charge is 2.30. The summed E-state index contributed by atoms with van der Waals surface area (Å²) in [5.74, 6) is 0.0738. The Balaban J connectivity index is 3.47. The monoisotopic (exact) mass is 388 g/mol. The molecule has 0 spiro atoms. The lowest BCUT2D eigenvalue weighted by Gasteiger charge is -2.32. The number of ether oxygens (including phenoxy) is 1. The summed E-state index contributed by atoms with van der Waals surface area (Å²) < 4.78 is 5.01. The molecule has 0 radical (unpaired) electrons. The number of hydrogen-bond donors (Lipinski definition) is 1. The van der Waals surface area contributed by atoms with Gasteiger partial charge in [0.1, 0.15) is 5.75 Å². The van der Waals surface area contributed by atoms with Crippen molar-refractivity contribution in [3.05, 3.63) is 34.9 Å². The summed E-state index contributed by atoms with van der Waals surface area (Å²) in [6, 6.07) is 4.06. The third-order valence-corrected chi connectivity index (χ3v) is 5.60. The van der Waals surface area contributed by atoms with Crippen LogP contribution in [0.4, 0.5) is 0 Å². The summed E-state index contributed by atoms with van der Waals surface area (Å²) in [4.78, 5) is 11.8. The number of phenolic OH excluding ortho intramolecular Hbond substituents is 1. The number of hydrogen-bond acceptors (Lipinski definition) is 3. The lowest BCUT2D eigenvalue weighted by molar-refractivity contribution is -0.137. The van der Waals surface area contributed by atoms with E-state index >= 15 is 0 Å². The molecule has 0 unspecified atom stereocenters. The van der Waals surface area contributed by atoms with Crippen molar-refractivity contribution in [3.8, 4) is 5.75 Å². The maximum Gasteiger partial charge on any atom is 0.330 e. The largest absolute Gasteiger partial charge is 0.507 e. The molecule has 0 aliphatic rings. The molecule has 0 amide bonds. The quantitative estimate of drug-likeness (QED) is 0.331. The van der Waals surface area contributed by atoms with Crippen molar-refractivity contribution < 1.29 is 14.6 Å². The van der Waals surface area contributed by atoms with Gasteiger partial charge in [-0.15, -0.1) is 0 Å². The lowest BCUT2D eigenvalue weighted by Crippen LogP contribution is -2.22. The van der Waals surface area contributed by atoms with Crippen molar-refractivity contribution in [2.45, 2.75) is 97.8 Å². The molecule has 1 rings (SSSR count). The van der Waals surface area contributed by atoms with Gasteiger partial charge in [-0.1, -0.05) is 67.2 Å². The summed E-state index contributed by atoms with van der Waals surface area (Å²) >= 11 is 0. The van der Waals surface area contributed by atoms with Crippen molar-refractivity contribution in [1.82, 2.24) is 0 Å². The molecule has 1 N–H and O–H groups in total. The van der Waals surface area contributed by atoms with E-state index in [0.29, 0.717) is 12.4 Å². The van der Waals surface area contributed by atoms with Crippen LogP contribution in [0.2, 0.25) is 0 Å². The summed E-state index contributed by atoms with van der Waals surface area (Å²) in [7, 11) is 0. The van der Waals surface area contributed by atoms with Gasteiger partial charge in [0.15, 0.2) is 0 Å². The molecule has 1 aromatic carbocycles. The molecule has 0 aromatic heterocycles. The van der Waals surface area contributed by atoms with E-state index in [1.54, 1.807) is 13.0 Å². The molecule has 0 fully saturated rings. The number of aromatic hydroxyl groups is 1. The zero-order chi connectivity index (χ0) is 21.4. The van der Waals surface area contributed by atoms with Gasteiger partial charge >= 0.3 is 5.97 Å². The van der Waals surface area contributed by atoms with E-state index in [0.717, 1.165) is 55.2 Å². The molecule has 0 atom stereocenters. The van der Waals surface area contributed by atoms with Gasteiger partial charge < -0.3 is 9.84 Å². The topological polar surface area (TPSA) is 46.5 Å². The van der Waals surface area contributed by atoms with Gasteiger partial charge in [0.25, 0.3) is 0 Å². The van der Waals surface area contributed by atoms with Crippen molar-refractivity contribution in [2.24, 2.45) is 0 Å². The average molecular weight is 389 g/mol. The minimum absolute atomic E-state index is 0.135. The molecule has 0 aliphatic heterocycles. The number of benzene rings is 1. The number of carbonyl (C=O) groups excluding carboxylic acids is 1. The van der Waals surface area contributed by atoms with Gasteiger partial charge in [-0.2, -0.15) is 0 Å². The Labute approximate surface area is 172 Å². The highest BCUT2D eigenvalue weighted by atomic mass is 16.5. The second-order valence-electron chi connectivity index (χ2n) is 9.02. The SMILES string of the molecule is CCCCC(C)(C)c1cc(/C=C/C(=O)OCC)cc(C(C)(C)CCCC)c1O. The fourth-order valence-corrected chi connectivity index (χ4v) is 3.65. The van der Waals surface area contributed by atoms with Gasteiger partial charge in [0, 0.05) is 17.2 Å². The molecule has 1 aromatic rings. The normalized spacial score (nSPS) is 12.5. The Morgan fingerprint density at radius 3 is 1.82 bits per heavy atom. The predicted molar refractivity (Wildman–Crippen MR) is 119 cm³/mol. The molecule has 0 saturated carbocycles. The van der Waals surface area contributed by atoms with E-state index in [1.165, 1.54) is 6.08 Å². The van der Waals surface area contributed by atoms with E-state index in [4.69, 9.17) is 4.74 Å². The molecule has 0 saturated heterocycles. The lowest BCUT2D eigenvalue weighted by atomic mass is 9.73. The van der Waals surface area contributed by atoms with E-state index in [-0.39, 0.29) is 16.8 Å². The number of rotatable bonds is 11. The average Bonchev–Trinajstić information content (AvgIpc) is 2.63. The highest BCUT2D eigenvalue weighted by molar-refractivity contribution is 5.87. The van der Waals surface area contributed by atoms with Crippen LogP contribution in [-0.4, -0.2) is 17.7 Å². The Bertz CT molecular complexity index is 627. The molecule has 3 heteroatoms. The maximum absolute atomic E-state index is 11.8. The van der Waals surface area contributed by atoms with Gasteiger partial charge in [-0.25, -0.2) is 4.79 Å². The van der Waals surface area contributed by atoms with E-state index < -0.39 is 0 Å². The van der Waals surface area contributed by atoms with E-state index in [9.17, 15) is 9.90 Å². The van der Waals surface area contributed by atoms with Crippen LogP contribution in [0.5, 0.6) is 5.75 Å². The van der Waals surface area contributed by atoms with Crippen molar-refractivity contribution in [3.63, 3.8) is 0 Å². The van der Waals surface area contributed by atoms with Crippen LogP contribution in [0, 0.1) is 0 Å². The van der Waals surface area contributed by atoms with E-state index in [2.05, 4.69) is 41.5 Å². The summed E-state index contributed by atoms with van der Waals surface area (Å²) in [6.45, 7) is 15.3. The van der Waals surface area contributed by atoms with Crippen LogP contribution >= 0.6 is 0 Å². The van der Waals surface area contributed by atoms with Crippen LogP contribution in [0.3, 0.4) is 0 Å². The smallest absolute Gasteiger partial charge is 0.330 e. The third kappa shape index (κ3) is 6.68. The number of esters is 1. The molecular weight excluding hydrogens is 348 g/mol. The Morgan fingerprint density at radius 1 is 0.964 bits per heavy atom. The second kappa shape index (κ2) is 10.7. The Hall–Kier alpha value is -1.77. The number of unbranched alkanes of at least 4 members (excludes halogenated alkanes) is 2. The highest BCUT2D eigenvalue weighted by Crippen LogP contribution is 2.43. The van der Waals surface area contributed by atoms with Crippen LogP contribution in [0.1, 0.15) is 104 Å². The number of phenols is 1. The predicted octanol–water partition coefficient (Wildman–Crippen LogP) is 6.90. The first-order valence-corrected chi connectivity index (χ1v) is 10.8. The van der Waals surface area contributed by atoms with Gasteiger partial charge in [-0.05, 0) is 54.4 Å². The van der Waals surface area contributed by atoms with Crippen molar-refractivity contribution >= 4 is 12.0 Å². The first kappa shape index (κ1) is 24.3.